The fourth-order valence-corrected chi connectivity index (χ4v) is 4.22. The van der Waals surface area contributed by atoms with Crippen LogP contribution in [0, 0.1) is 5.92 Å². The molecule has 2 aliphatic heterocycles. The second-order valence-corrected chi connectivity index (χ2v) is 7.71. The molecular formula is C21H30ClN5O. The van der Waals surface area contributed by atoms with Crippen LogP contribution in [-0.4, -0.2) is 52.8 Å². The van der Waals surface area contributed by atoms with Gasteiger partial charge in [-0.05, 0) is 62.9 Å². The molecule has 1 aromatic carbocycles. The zero-order valence-electron chi connectivity index (χ0n) is 16.2. The van der Waals surface area contributed by atoms with Crippen LogP contribution in [0.2, 0.25) is 0 Å². The number of hydrogen-bond donors (Lipinski definition) is 2. The molecule has 2 aromatic rings. The molecule has 0 radical (unpaired) electrons. The molecular weight excluding hydrogens is 374 g/mol. The van der Waals surface area contributed by atoms with Gasteiger partial charge in [0.25, 0.3) is 0 Å². The highest BCUT2D eigenvalue weighted by Crippen LogP contribution is 2.19. The molecule has 2 saturated heterocycles. The van der Waals surface area contributed by atoms with Crippen molar-refractivity contribution < 1.29 is 4.79 Å². The first kappa shape index (κ1) is 20.8. The van der Waals surface area contributed by atoms with E-state index in [1.807, 2.05) is 29.1 Å². The Hall–Kier alpha value is -1.89. The van der Waals surface area contributed by atoms with Crippen LogP contribution in [0.25, 0.3) is 5.69 Å². The zero-order valence-corrected chi connectivity index (χ0v) is 17.0. The maximum Gasteiger partial charge on any atom is 0.237 e. The van der Waals surface area contributed by atoms with Gasteiger partial charge in [-0.2, -0.15) is 5.10 Å². The number of halogens is 1. The number of carbonyl (C=O) groups is 1. The Labute approximate surface area is 173 Å². The predicted molar refractivity (Wildman–Crippen MR) is 113 cm³/mol. The molecule has 28 heavy (non-hydrogen) atoms. The van der Waals surface area contributed by atoms with Gasteiger partial charge in [-0.25, -0.2) is 4.68 Å². The summed E-state index contributed by atoms with van der Waals surface area (Å²) in [5.74, 6) is 0.698. The van der Waals surface area contributed by atoms with Crippen molar-refractivity contribution in [1.29, 1.82) is 0 Å². The third kappa shape index (κ3) is 5.13. The van der Waals surface area contributed by atoms with Gasteiger partial charge in [0.1, 0.15) is 0 Å². The molecule has 0 spiro atoms. The maximum atomic E-state index is 12.2. The summed E-state index contributed by atoms with van der Waals surface area (Å²) in [6, 6.07) is 12.4. The predicted octanol–water partition coefficient (Wildman–Crippen LogP) is 2.37. The van der Waals surface area contributed by atoms with Gasteiger partial charge in [-0.3, -0.25) is 9.69 Å². The van der Waals surface area contributed by atoms with Crippen LogP contribution < -0.4 is 10.6 Å². The van der Waals surface area contributed by atoms with E-state index < -0.39 is 0 Å². The minimum atomic E-state index is 0. The summed E-state index contributed by atoms with van der Waals surface area (Å²) in [5.41, 5.74) is 2.31. The van der Waals surface area contributed by atoms with Crippen molar-refractivity contribution in [1.82, 2.24) is 25.3 Å². The minimum absolute atomic E-state index is 0. The first-order valence-corrected chi connectivity index (χ1v) is 10.1. The summed E-state index contributed by atoms with van der Waals surface area (Å²) in [5, 5.41) is 10.9. The lowest BCUT2D eigenvalue weighted by molar-refractivity contribution is -0.123. The SMILES string of the molecule is Cl.O=C(NCC1CCCN(Cc2ccnn2-c2ccccc2)C1)C1CCCN1. The van der Waals surface area contributed by atoms with E-state index in [4.69, 9.17) is 0 Å². The fourth-order valence-electron chi connectivity index (χ4n) is 4.22. The molecule has 4 rings (SSSR count). The smallest absolute Gasteiger partial charge is 0.237 e. The van der Waals surface area contributed by atoms with Gasteiger partial charge in [-0.1, -0.05) is 18.2 Å². The standard InChI is InChI=1S/C21H29N5O.ClH/c27-21(20-9-4-11-22-20)23-14-17-6-5-13-25(15-17)16-19-10-12-24-26(19)18-7-2-1-3-8-18;/h1-3,7-8,10,12,17,20,22H,4-6,9,11,13-16H2,(H,23,27);1H. The van der Waals surface area contributed by atoms with E-state index in [1.54, 1.807) is 0 Å². The van der Waals surface area contributed by atoms with Crippen LogP contribution in [0.15, 0.2) is 42.6 Å². The number of rotatable bonds is 6. The van der Waals surface area contributed by atoms with Crippen molar-refractivity contribution in [3.8, 4) is 5.69 Å². The number of amides is 1. The lowest BCUT2D eigenvalue weighted by atomic mass is 9.97. The van der Waals surface area contributed by atoms with E-state index >= 15 is 0 Å². The van der Waals surface area contributed by atoms with Gasteiger partial charge >= 0.3 is 0 Å². The molecule has 2 atom stereocenters. The lowest BCUT2D eigenvalue weighted by Gasteiger charge is -2.33. The zero-order chi connectivity index (χ0) is 18.5. The summed E-state index contributed by atoms with van der Waals surface area (Å²) in [4.78, 5) is 14.7. The molecule has 0 aliphatic carbocycles. The molecule has 1 aromatic heterocycles. The van der Waals surface area contributed by atoms with E-state index in [0.29, 0.717) is 5.92 Å². The van der Waals surface area contributed by atoms with Crippen molar-refractivity contribution >= 4 is 18.3 Å². The van der Waals surface area contributed by atoms with Crippen LogP contribution in [0.4, 0.5) is 0 Å². The number of aromatic nitrogens is 2. The number of nitrogens with one attached hydrogen (secondary N) is 2. The average Bonchev–Trinajstić information content (AvgIpc) is 3.39. The number of piperidine rings is 1. The van der Waals surface area contributed by atoms with Crippen molar-refractivity contribution in [3.05, 3.63) is 48.3 Å². The molecule has 2 aliphatic rings. The van der Waals surface area contributed by atoms with Gasteiger partial charge in [-0.15, -0.1) is 12.4 Å². The fraction of sp³-hybridized carbons (Fsp3) is 0.524. The Morgan fingerprint density at radius 1 is 1.18 bits per heavy atom. The monoisotopic (exact) mass is 403 g/mol. The van der Waals surface area contributed by atoms with E-state index in [-0.39, 0.29) is 24.4 Å². The molecule has 152 valence electrons. The van der Waals surface area contributed by atoms with Gasteiger partial charge < -0.3 is 10.6 Å². The number of nitrogens with zero attached hydrogens (tertiary/aromatic N) is 3. The molecule has 2 N–H and O–H groups in total. The summed E-state index contributed by atoms with van der Waals surface area (Å²) in [7, 11) is 0. The first-order chi connectivity index (χ1) is 13.3. The topological polar surface area (TPSA) is 62.2 Å². The Bertz CT molecular complexity index is 744. The number of benzene rings is 1. The summed E-state index contributed by atoms with van der Waals surface area (Å²) in [6.45, 7) is 4.77. The minimum Gasteiger partial charge on any atom is -0.354 e. The molecule has 3 heterocycles. The highest BCUT2D eigenvalue weighted by molar-refractivity contribution is 5.85. The number of hydrogen-bond acceptors (Lipinski definition) is 4. The second kappa shape index (κ2) is 10.0. The molecule has 2 fully saturated rings. The van der Waals surface area contributed by atoms with E-state index in [2.05, 4.69) is 38.8 Å². The van der Waals surface area contributed by atoms with E-state index in [9.17, 15) is 4.79 Å². The van der Waals surface area contributed by atoms with E-state index in [1.165, 1.54) is 18.5 Å². The molecule has 2 unspecified atom stereocenters. The Morgan fingerprint density at radius 2 is 2.04 bits per heavy atom. The second-order valence-electron chi connectivity index (χ2n) is 7.71. The van der Waals surface area contributed by atoms with Crippen LogP contribution >= 0.6 is 12.4 Å². The number of likely N-dealkylation sites (tertiary alicyclic amines) is 1. The van der Waals surface area contributed by atoms with Gasteiger partial charge in [0.2, 0.25) is 5.91 Å². The number of carbonyl (C=O) groups excluding carboxylic acids is 1. The van der Waals surface area contributed by atoms with E-state index in [0.717, 1.165) is 51.3 Å². The van der Waals surface area contributed by atoms with Gasteiger partial charge in [0, 0.05) is 25.8 Å². The molecule has 7 heteroatoms. The van der Waals surface area contributed by atoms with Gasteiger partial charge in [0.15, 0.2) is 0 Å². The quantitative estimate of drug-likeness (QED) is 0.777. The van der Waals surface area contributed by atoms with Crippen molar-refractivity contribution in [2.75, 3.05) is 26.2 Å². The third-order valence-electron chi connectivity index (χ3n) is 5.65. The third-order valence-corrected chi connectivity index (χ3v) is 5.65. The summed E-state index contributed by atoms with van der Waals surface area (Å²) >= 11 is 0. The van der Waals surface area contributed by atoms with Crippen LogP contribution in [0.5, 0.6) is 0 Å². The molecule has 1 amide bonds. The lowest BCUT2D eigenvalue weighted by Crippen LogP contribution is -2.45. The normalized spacial score (nSPS) is 22.6. The van der Waals surface area contributed by atoms with Crippen LogP contribution in [0.1, 0.15) is 31.4 Å². The maximum absolute atomic E-state index is 12.2. The Kier molecular flexibility index (Phi) is 7.48. The Morgan fingerprint density at radius 3 is 2.82 bits per heavy atom. The highest BCUT2D eigenvalue weighted by atomic mass is 35.5. The van der Waals surface area contributed by atoms with Crippen molar-refractivity contribution in [2.45, 2.75) is 38.3 Å². The van der Waals surface area contributed by atoms with Crippen molar-refractivity contribution in [3.63, 3.8) is 0 Å². The summed E-state index contributed by atoms with van der Waals surface area (Å²) in [6.07, 6.45) is 6.31. The van der Waals surface area contributed by atoms with Crippen LogP contribution in [-0.2, 0) is 11.3 Å². The first-order valence-electron chi connectivity index (χ1n) is 10.1. The molecule has 0 saturated carbocycles. The van der Waals surface area contributed by atoms with Crippen LogP contribution in [0.3, 0.4) is 0 Å². The largest absolute Gasteiger partial charge is 0.354 e. The van der Waals surface area contributed by atoms with Crippen molar-refractivity contribution in [2.24, 2.45) is 5.92 Å². The Balaban J connectivity index is 0.00000225. The summed E-state index contributed by atoms with van der Waals surface area (Å²) < 4.78 is 2.02. The molecule has 0 bridgehead atoms. The number of para-hydroxylation sites is 1. The highest BCUT2D eigenvalue weighted by Gasteiger charge is 2.25. The molecule has 6 nitrogen and oxygen atoms in total. The average molecular weight is 404 g/mol. The van der Waals surface area contributed by atoms with Gasteiger partial charge in [0.05, 0.1) is 17.4 Å².